The zero-order valence-electron chi connectivity index (χ0n) is 25.3. The number of nitrogens with zero attached hydrogens (tertiary/aromatic N) is 2. The van der Waals surface area contributed by atoms with Crippen LogP contribution < -0.4 is 15.3 Å². The number of hydrogen-bond acceptors (Lipinski definition) is 5. The molecule has 1 aromatic heterocycles. The van der Waals surface area contributed by atoms with Gasteiger partial charge in [-0.15, -0.1) is 0 Å². The van der Waals surface area contributed by atoms with Crippen LogP contribution in [-0.4, -0.2) is 44.4 Å². The molecule has 1 saturated heterocycles. The normalized spacial score (nSPS) is 17.6. The number of aromatic nitrogens is 1. The minimum atomic E-state index is -2.94. The Morgan fingerprint density at radius 1 is 0.977 bits per heavy atom. The second-order valence-electron chi connectivity index (χ2n) is 12.2. The van der Waals surface area contributed by atoms with E-state index >= 15 is 4.39 Å². The van der Waals surface area contributed by atoms with Crippen LogP contribution in [0.2, 0.25) is 10.1 Å². The summed E-state index contributed by atoms with van der Waals surface area (Å²) in [4.78, 5) is 19.6. The monoisotopic (exact) mass is 616 g/mol. The molecule has 224 valence electrons. The van der Waals surface area contributed by atoms with Crippen LogP contribution in [0.5, 0.6) is 0 Å². The van der Waals surface area contributed by atoms with Crippen molar-refractivity contribution in [3.05, 3.63) is 119 Å². The number of ketones is 1. The summed E-state index contributed by atoms with van der Waals surface area (Å²) in [5, 5.41) is 1.91. The van der Waals surface area contributed by atoms with Crippen LogP contribution in [0.25, 0.3) is 0 Å². The maximum Gasteiger partial charge on any atom is 0.261 e. The summed E-state index contributed by atoms with van der Waals surface area (Å²) in [6.45, 7) is 11.8. The third-order valence-electron chi connectivity index (χ3n) is 8.04. The van der Waals surface area contributed by atoms with E-state index in [1.165, 1.54) is 12.4 Å². The SMILES string of the molecule is CC1CN(c2c(CO[Si](c3ccccc3)(c3ccccc3)C(C)(C)C)cc(C(=O)c3ccncc3)c(F)c2Cl)CC(C)O1. The second-order valence-corrected chi connectivity index (χ2v) is 16.9. The first-order chi connectivity index (χ1) is 20.5. The maximum absolute atomic E-state index is 16.1. The number of anilines is 1. The molecule has 0 radical (unpaired) electrons. The number of morpholine rings is 1. The van der Waals surface area contributed by atoms with Gasteiger partial charge in [-0.05, 0) is 47.5 Å². The number of pyridine rings is 1. The Bertz CT molecular complexity index is 1520. The first kappa shape index (κ1) is 31.1. The van der Waals surface area contributed by atoms with E-state index in [1.807, 2.05) is 50.2 Å². The highest BCUT2D eigenvalue weighted by Crippen LogP contribution is 2.41. The molecule has 5 rings (SSSR count). The number of carbonyl (C=O) groups excluding carboxylic acids is 1. The van der Waals surface area contributed by atoms with Gasteiger partial charge in [-0.1, -0.05) is 93.0 Å². The van der Waals surface area contributed by atoms with Crippen molar-refractivity contribution in [1.29, 1.82) is 0 Å². The molecule has 1 aliphatic rings. The number of carbonyl (C=O) groups is 1. The van der Waals surface area contributed by atoms with Crippen molar-refractivity contribution in [3.63, 3.8) is 0 Å². The smallest absolute Gasteiger partial charge is 0.261 e. The number of rotatable bonds is 8. The molecule has 0 saturated carbocycles. The Morgan fingerprint density at radius 2 is 1.51 bits per heavy atom. The van der Waals surface area contributed by atoms with Crippen LogP contribution in [0.1, 0.15) is 56.1 Å². The molecule has 0 spiro atoms. The molecule has 2 unspecified atom stereocenters. The molecule has 1 aliphatic heterocycles. The molecular formula is C35H38ClFN2O3Si. The summed E-state index contributed by atoms with van der Waals surface area (Å²) in [5.74, 6) is -1.19. The Labute approximate surface area is 259 Å². The lowest BCUT2D eigenvalue weighted by molar-refractivity contribution is -0.00532. The molecule has 0 amide bonds. The van der Waals surface area contributed by atoms with E-state index in [-0.39, 0.29) is 34.4 Å². The van der Waals surface area contributed by atoms with E-state index in [2.05, 4.69) is 54.9 Å². The van der Waals surface area contributed by atoms with Gasteiger partial charge in [-0.3, -0.25) is 9.78 Å². The van der Waals surface area contributed by atoms with E-state index < -0.39 is 19.9 Å². The topological polar surface area (TPSA) is 51.7 Å². The molecule has 0 aliphatic carbocycles. The van der Waals surface area contributed by atoms with Crippen molar-refractivity contribution in [3.8, 4) is 0 Å². The van der Waals surface area contributed by atoms with Gasteiger partial charge >= 0.3 is 0 Å². The van der Waals surface area contributed by atoms with Crippen LogP contribution in [0, 0.1) is 5.82 Å². The molecule has 2 heterocycles. The quantitative estimate of drug-likeness (QED) is 0.161. The first-order valence-electron chi connectivity index (χ1n) is 14.6. The summed E-state index contributed by atoms with van der Waals surface area (Å²) >= 11 is 6.87. The van der Waals surface area contributed by atoms with Crippen LogP contribution in [0.4, 0.5) is 10.1 Å². The molecule has 1 fully saturated rings. The zero-order valence-corrected chi connectivity index (χ0v) is 27.1. The summed E-state index contributed by atoms with van der Waals surface area (Å²) in [5.41, 5.74) is 1.46. The third-order valence-corrected chi connectivity index (χ3v) is 13.4. The van der Waals surface area contributed by atoms with Crippen molar-refractivity contribution in [2.24, 2.45) is 0 Å². The lowest BCUT2D eigenvalue weighted by Gasteiger charge is -2.43. The molecule has 4 aromatic rings. The minimum absolute atomic E-state index is 0.0774. The van der Waals surface area contributed by atoms with E-state index in [0.29, 0.717) is 29.9 Å². The Kier molecular flexibility index (Phi) is 9.18. The fraction of sp³-hybridized carbons (Fsp3) is 0.314. The van der Waals surface area contributed by atoms with Gasteiger partial charge in [0.1, 0.15) is 5.02 Å². The highest BCUT2D eigenvalue weighted by atomic mass is 35.5. The van der Waals surface area contributed by atoms with Gasteiger partial charge < -0.3 is 14.1 Å². The Hall–Kier alpha value is -3.36. The second kappa shape index (κ2) is 12.7. The minimum Gasteiger partial charge on any atom is -0.403 e. The van der Waals surface area contributed by atoms with Crippen molar-refractivity contribution in [2.45, 2.75) is 58.5 Å². The predicted octanol–water partition coefficient (Wildman–Crippen LogP) is 6.80. The van der Waals surface area contributed by atoms with Crippen LogP contribution in [0.15, 0.2) is 91.3 Å². The summed E-state index contributed by atoms with van der Waals surface area (Å²) in [7, 11) is -2.94. The third kappa shape index (κ3) is 6.18. The van der Waals surface area contributed by atoms with Gasteiger partial charge in [0.15, 0.2) is 11.6 Å². The van der Waals surface area contributed by atoms with Gasteiger partial charge in [-0.2, -0.15) is 0 Å². The molecule has 8 heteroatoms. The zero-order chi connectivity index (χ0) is 30.8. The van der Waals surface area contributed by atoms with Gasteiger partial charge in [-0.25, -0.2) is 4.39 Å². The molecular weight excluding hydrogens is 579 g/mol. The van der Waals surface area contributed by atoms with Crippen LogP contribution >= 0.6 is 11.6 Å². The van der Waals surface area contributed by atoms with Crippen LogP contribution in [0.3, 0.4) is 0 Å². The standard InChI is InChI=1S/C35H38ClFN2O3Si/c1-24-21-39(22-25(2)42-24)33-27(20-30(32(37)31(33)36)34(40)26-16-18-38-19-17-26)23-41-43(35(3,4)5,28-12-8-6-9-13-28)29-14-10-7-11-15-29/h6-20,24-25H,21-23H2,1-5H3. The molecule has 3 aromatic carbocycles. The fourth-order valence-corrected chi connectivity index (χ4v) is 11.1. The van der Waals surface area contributed by atoms with E-state index in [9.17, 15) is 4.79 Å². The lowest BCUT2D eigenvalue weighted by Crippen LogP contribution is -2.66. The number of benzene rings is 3. The van der Waals surface area contributed by atoms with Crippen molar-refractivity contribution >= 4 is 41.8 Å². The fourth-order valence-electron chi connectivity index (χ4n) is 6.25. The van der Waals surface area contributed by atoms with Gasteiger partial charge in [0.05, 0.1) is 30.1 Å². The molecule has 5 nitrogen and oxygen atoms in total. The number of ether oxygens (including phenoxy) is 1. The largest absolute Gasteiger partial charge is 0.403 e. The average Bonchev–Trinajstić information content (AvgIpc) is 2.99. The van der Waals surface area contributed by atoms with Gasteiger partial charge in [0.25, 0.3) is 8.32 Å². The van der Waals surface area contributed by atoms with E-state index in [4.69, 9.17) is 20.8 Å². The summed E-state index contributed by atoms with van der Waals surface area (Å²) in [6, 6.07) is 25.5. The number of halogens is 2. The molecule has 43 heavy (non-hydrogen) atoms. The van der Waals surface area contributed by atoms with Gasteiger partial charge in [0, 0.05) is 36.6 Å². The maximum atomic E-state index is 16.1. The van der Waals surface area contributed by atoms with Crippen molar-refractivity contribution < 1.29 is 18.3 Å². The number of hydrogen-bond donors (Lipinski definition) is 0. The van der Waals surface area contributed by atoms with E-state index in [0.717, 1.165) is 10.4 Å². The first-order valence-corrected chi connectivity index (χ1v) is 16.9. The lowest BCUT2D eigenvalue weighted by atomic mass is 9.99. The van der Waals surface area contributed by atoms with E-state index in [1.54, 1.807) is 18.2 Å². The molecule has 0 bridgehead atoms. The molecule has 2 atom stereocenters. The average molecular weight is 617 g/mol. The Morgan fingerprint density at radius 3 is 2.02 bits per heavy atom. The summed E-state index contributed by atoms with van der Waals surface area (Å²) < 4.78 is 29.3. The highest BCUT2D eigenvalue weighted by Gasteiger charge is 2.50. The van der Waals surface area contributed by atoms with Crippen molar-refractivity contribution in [1.82, 2.24) is 4.98 Å². The Balaban J connectivity index is 1.68. The molecule has 0 N–H and O–H groups in total. The van der Waals surface area contributed by atoms with Gasteiger partial charge in [0.2, 0.25) is 0 Å². The summed E-state index contributed by atoms with van der Waals surface area (Å²) in [6.07, 6.45) is 2.88. The predicted molar refractivity (Wildman–Crippen MR) is 174 cm³/mol. The van der Waals surface area contributed by atoms with Crippen LogP contribution in [-0.2, 0) is 15.8 Å². The highest BCUT2D eigenvalue weighted by molar-refractivity contribution is 6.99. The van der Waals surface area contributed by atoms with Crippen molar-refractivity contribution in [2.75, 3.05) is 18.0 Å².